The molecule has 0 spiro atoms. The summed E-state index contributed by atoms with van der Waals surface area (Å²) in [6.07, 6.45) is 3.04. The molecule has 0 saturated carbocycles. The number of aryl methyl sites for hydroxylation is 1. The average Bonchev–Trinajstić information content (AvgIpc) is 2.65. The van der Waals surface area contributed by atoms with Gasteiger partial charge in [0.25, 0.3) is 0 Å². The molecule has 0 saturated heterocycles. The van der Waals surface area contributed by atoms with E-state index in [0.717, 1.165) is 5.69 Å². The van der Waals surface area contributed by atoms with Gasteiger partial charge in [-0.25, -0.2) is 9.97 Å². The first kappa shape index (κ1) is 9.45. The van der Waals surface area contributed by atoms with E-state index in [1.165, 1.54) is 6.33 Å². The summed E-state index contributed by atoms with van der Waals surface area (Å²) < 4.78 is 5.10. The van der Waals surface area contributed by atoms with Gasteiger partial charge in [-0.15, -0.1) is 0 Å². The van der Waals surface area contributed by atoms with Crippen molar-refractivity contribution in [3.63, 3.8) is 0 Å². The van der Waals surface area contributed by atoms with E-state index in [2.05, 4.69) is 25.5 Å². The van der Waals surface area contributed by atoms with Gasteiger partial charge in [0.2, 0.25) is 0 Å². The van der Waals surface area contributed by atoms with Crippen LogP contribution < -0.4 is 10.1 Å². The summed E-state index contributed by atoms with van der Waals surface area (Å²) in [5.41, 5.74) is 0.977. The maximum atomic E-state index is 5.10. The zero-order valence-corrected chi connectivity index (χ0v) is 8.48. The fraction of sp³-hybridized carbons (Fsp3) is 0.222. The van der Waals surface area contributed by atoms with Crippen LogP contribution in [0.3, 0.4) is 0 Å². The van der Waals surface area contributed by atoms with E-state index in [9.17, 15) is 0 Å². The van der Waals surface area contributed by atoms with Gasteiger partial charge in [0.1, 0.15) is 6.33 Å². The molecule has 6 heteroatoms. The Morgan fingerprint density at radius 2 is 2.33 bits per heavy atom. The molecule has 2 aromatic rings. The Morgan fingerprint density at radius 3 is 3.00 bits per heavy atom. The standard InChI is InChI=1S/C9H11N5O/c1-6-3-8(14-13-6)12-9-7(15-2)4-10-5-11-9/h3-5H,1-2H3,(H2,10,11,12,13,14). The lowest BCUT2D eigenvalue weighted by atomic mass is 10.4. The van der Waals surface area contributed by atoms with Gasteiger partial charge >= 0.3 is 0 Å². The van der Waals surface area contributed by atoms with Crippen molar-refractivity contribution < 1.29 is 4.74 Å². The van der Waals surface area contributed by atoms with E-state index in [1.54, 1.807) is 13.3 Å². The van der Waals surface area contributed by atoms with Crippen molar-refractivity contribution in [2.24, 2.45) is 0 Å². The van der Waals surface area contributed by atoms with E-state index in [4.69, 9.17) is 4.74 Å². The maximum absolute atomic E-state index is 5.10. The van der Waals surface area contributed by atoms with E-state index in [0.29, 0.717) is 17.4 Å². The molecular weight excluding hydrogens is 194 g/mol. The van der Waals surface area contributed by atoms with Gasteiger partial charge in [-0.05, 0) is 6.92 Å². The fourth-order valence-corrected chi connectivity index (χ4v) is 1.16. The molecule has 78 valence electrons. The largest absolute Gasteiger partial charge is 0.491 e. The minimum absolute atomic E-state index is 0.582. The van der Waals surface area contributed by atoms with Crippen LogP contribution in [0.5, 0.6) is 5.75 Å². The van der Waals surface area contributed by atoms with Crippen LogP contribution in [0.1, 0.15) is 5.69 Å². The summed E-state index contributed by atoms with van der Waals surface area (Å²) in [7, 11) is 1.57. The maximum Gasteiger partial charge on any atom is 0.179 e. The summed E-state index contributed by atoms with van der Waals surface area (Å²) in [6.45, 7) is 1.93. The van der Waals surface area contributed by atoms with Crippen molar-refractivity contribution in [3.8, 4) is 5.75 Å². The quantitative estimate of drug-likeness (QED) is 0.788. The summed E-state index contributed by atoms with van der Waals surface area (Å²) in [4.78, 5) is 7.91. The Morgan fingerprint density at radius 1 is 1.47 bits per heavy atom. The number of hydrogen-bond acceptors (Lipinski definition) is 5. The van der Waals surface area contributed by atoms with Gasteiger partial charge in [-0.2, -0.15) is 5.10 Å². The summed E-state index contributed by atoms with van der Waals surface area (Å²) >= 11 is 0. The molecule has 0 fully saturated rings. The fourth-order valence-electron chi connectivity index (χ4n) is 1.16. The highest BCUT2D eigenvalue weighted by molar-refractivity contribution is 5.58. The molecule has 0 radical (unpaired) electrons. The second-order valence-corrected chi connectivity index (χ2v) is 3.00. The van der Waals surface area contributed by atoms with Crippen molar-refractivity contribution in [3.05, 3.63) is 24.3 Å². The number of ether oxygens (including phenoxy) is 1. The van der Waals surface area contributed by atoms with Gasteiger partial charge in [-0.3, -0.25) is 5.10 Å². The monoisotopic (exact) mass is 205 g/mol. The van der Waals surface area contributed by atoms with E-state index >= 15 is 0 Å². The van der Waals surface area contributed by atoms with Crippen LogP contribution in [0.2, 0.25) is 0 Å². The van der Waals surface area contributed by atoms with Gasteiger partial charge in [0.05, 0.1) is 13.3 Å². The Bertz CT molecular complexity index is 453. The lowest BCUT2D eigenvalue weighted by Crippen LogP contribution is -1.98. The van der Waals surface area contributed by atoms with Crippen molar-refractivity contribution in [1.29, 1.82) is 0 Å². The van der Waals surface area contributed by atoms with E-state index in [1.807, 2.05) is 13.0 Å². The third-order valence-electron chi connectivity index (χ3n) is 1.85. The molecule has 0 bridgehead atoms. The smallest absolute Gasteiger partial charge is 0.179 e. The van der Waals surface area contributed by atoms with Crippen LogP contribution in [0.25, 0.3) is 0 Å². The first-order valence-electron chi connectivity index (χ1n) is 4.42. The van der Waals surface area contributed by atoms with Crippen LogP contribution in [0.15, 0.2) is 18.6 Å². The molecule has 2 heterocycles. The van der Waals surface area contributed by atoms with Crippen molar-refractivity contribution in [2.45, 2.75) is 6.92 Å². The predicted octanol–water partition coefficient (Wildman–Crippen LogP) is 1.26. The van der Waals surface area contributed by atoms with Crippen molar-refractivity contribution in [1.82, 2.24) is 20.2 Å². The van der Waals surface area contributed by atoms with Crippen molar-refractivity contribution >= 4 is 11.6 Å². The number of methoxy groups -OCH3 is 1. The molecule has 15 heavy (non-hydrogen) atoms. The molecule has 0 aliphatic rings. The minimum Gasteiger partial charge on any atom is -0.491 e. The normalized spacial score (nSPS) is 10.0. The van der Waals surface area contributed by atoms with Crippen LogP contribution in [-0.4, -0.2) is 27.3 Å². The van der Waals surface area contributed by atoms with Gasteiger partial charge in [0, 0.05) is 11.8 Å². The number of nitrogens with zero attached hydrogens (tertiary/aromatic N) is 3. The van der Waals surface area contributed by atoms with Crippen molar-refractivity contribution in [2.75, 3.05) is 12.4 Å². The van der Waals surface area contributed by atoms with E-state index < -0.39 is 0 Å². The lowest BCUT2D eigenvalue weighted by molar-refractivity contribution is 0.413. The third kappa shape index (κ3) is 2.04. The second kappa shape index (κ2) is 3.95. The molecule has 0 aromatic carbocycles. The molecule has 0 aliphatic heterocycles. The molecule has 2 N–H and O–H groups in total. The minimum atomic E-state index is 0.582. The van der Waals surface area contributed by atoms with Gasteiger partial charge in [-0.1, -0.05) is 0 Å². The number of hydrogen-bond donors (Lipinski definition) is 2. The first-order chi connectivity index (χ1) is 7.29. The molecular formula is C9H11N5O. The number of anilines is 2. The highest BCUT2D eigenvalue weighted by Crippen LogP contribution is 2.22. The Kier molecular flexibility index (Phi) is 2.49. The number of aromatic amines is 1. The van der Waals surface area contributed by atoms with E-state index in [-0.39, 0.29) is 0 Å². The molecule has 0 aliphatic carbocycles. The number of aromatic nitrogens is 4. The SMILES string of the molecule is COc1cncnc1Nc1cc(C)[nH]n1. The number of rotatable bonds is 3. The first-order valence-corrected chi connectivity index (χ1v) is 4.42. The molecule has 0 amide bonds. The summed E-state index contributed by atoms with van der Waals surface area (Å²) in [6, 6.07) is 1.88. The molecule has 0 atom stereocenters. The predicted molar refractivity (Wildman–Crippen MR) is 55.2 cm³/mol. The highest BCUT2D eigenvalue weighted by atomic mass is 16.5. The molecule has 2 rings (SSSR count). The van der Waals surface area contributed by atoms with Crippen LogP contribution in [0.4, 0.5) is 11.6 Å². The number of H-pyrrole nitrogens is 1. The Labute approximate surface area is 86.7 Å². The Hall–Kier alpha value is -2.11. The lowest BCUT2D eigenvalue weighted by Gasteiger charge is -2.05. The molecule has 0 unspecified atom stereocenters. The third-order valence-corrected chi connectivity index (χ3v) is 1.85. The molecule has 2 aromatic heterocycles. The highest BCUT2D eigenvalue weighted by Gasteiger charge is 2.05. The van der Waals surface area contributed by atoms with Crippen LogP contribution in [-0.2, 0) is 0 Å². The summed E-state index contributed by atoms with van der Waals surface area (Å²) in [5.74, 6) is 1.88. The van der Waals surface area contributed by atoms with Crippen LogP contribution >= 0.6 is 0 Å². The topological polar surface area (TPSA) is 75.7 Å². The zero-order chi connectivity index (χ0) is 10.7. The number of nitrogens with one attached hydrogen (secondary N) is 2. The Balaban J connectivity index is 2.23. The average molecular weight is 205 g/mol. The zero-order valence-electron chi connectivity index (χ0n) is 8.48. The van der Waals surface area contributed by atoms with Gasteiger partial charge in [0.15, 0.2) is 17.4 Å². The second-order valence-electron chi connectivity index (χ2n) is 3.00. The molecule has 6 nitrogen and oxygen atoms in total. The van der Waals surface area contributed by atoms with Gasteiger partial charge < -0.3 is 10.1 Å². The van der Waals surface area contributed by atoms with Crippen LogP contribution in [0, 0.1) is 6.92 Å². The summed E-state index contributed by atoms with van der Waals surface area (Å²) in [5, 5.41) is 9.89.